The average Bonchev–Trinajstić information content (AvgIpc) is 2.39. The van der Waals surface area contributed by atoms with Crippen LogP contribution in [0.25, 0.3) is 0 Å². The molecule has 0 bridgehead atoms. The summed E-state index contributed by atoms with van der Waals surface area (Å²) >= 11 is 0. The number of aryl methyl sites for hydroxylation is 1. The minimum Gasteiger partial charge on any atom is -0.294 e. The topological polar surface area (TPSA) is 30.0 Å². The zero-order valence-electron chi connectivity index (χ0n) is 10.7. The maximum Gasteiger partial charge on any atom is 0.165 e. The largest absolute Gasteiger partial charge is 0.294 e. The van der Waals surface area contributed by atoms with Crippen molar-refractivity contribution in [1.29, 1.82) is 0 Å². The Morgan fingerprint density at radius 2 is 2.00 bits per heavy atom. The number of fused-ring (bicyclic) bond motifs is 1. The molecule has 2 aromatic rings. The van der Waals surface area contributed by atoms with Gasteiger partial charge in [0.25, 0.3) is 0 Å². The molecule has 0 fully saturated rings. The third kappa shape index (κ3) is 2.05. The fourth-order valence-electron chi connectivity index (χ4n) is 2.81. The summed E-state index contributed by atoms with van der Waals surface area (Å²) in [6.45, 7) is 1.92. The number of rotatable bonds is 1. The molecule has 0 aliphatic heterocycles. The Morgan fingerprint density at radius 3 is 2.79 bits per heavy atom. The van der Waals surface area contributed by atoms with E-state index in [1.165, 1.54) is 6.07 Å². The molecule has 1 heterocycles. The van der Waals surface area contributed by atoms with Crippen molar-refractivity contribution in [3.8, 4) is 0 Å². The molecule has 0 amide bonds. The van der Waals surface area contributed by atoms with Gasteiger partial charge >= 0.3 is 0 Å². The minimum absolute atomic E-state index is 0.0695. The quantitative estimate of drug-likeness (QED) is 0.781. The predicted octanol–water partition coefficient (Wildman–Crippen LogP) is 3.44. The second kappa shape index (κ2) is 4.57. The number of carbonyl (C=O) groups excluding carboxylic acids is 1. The van der Waals surface area contributed by atoms with Crippen LogP contribution in [-0.2, 0) is 6.42 Å². The summed E-state index contributed by atoms with van der Waals surface area (Å²) in [5.74, 6) is -0.271. The number of halogens is 1. The van der Waals surface area contributed by atoms with Crippen molar-refractivity contribution in [2.75, 3.05) is 0 Å². The lowest BCUT2D eigenvalue weighted by Gasteiger charge is -2.24. The molecule has 0 N–H and O–H groups in total. The van der Waals surface area contributed by atoms with Crippen LogP contribution in [0.4, 0.5) is 4.39 Å². The van der Waals surface area contributed by atoms with Gasteiger partial charge in [0.1, 0.15) is 5.82 Å². The van der Waals surface area contributed by atoms with Crippen molar-refractivity contribution >= 4 is 5.78 Å². The highest BCUT2D eigenvalue weighted by molar-refractivity contribution is 6.00. The van der Waals surface area contributed by atoms with Crippen LogP contribution < -0.4 is 0 Å². The molecular formula is C16H14FNO. The van der Waals surface area contributed by atoms with Gasteiger partial charge in [-0.15, -0.1) is 0 Å². The van der Waals surface area contributed by atoms with Gasteiger partial charge in [-0.3, -0.25) is 9.78 Å². The molecule has 2 nitrogen and oxygen atoms in total. The van der Waals surface area contributed by atoms with Crippen molar-refractivity contribution in [3.63, 3.8) is 0 Å². The van der Waals surface area contributed by atoms with Gasteiger partial charge in [-0.05, 0) is 42.5 Å². The third-order valence-corrected chi connectivity index (χ3v) is 3.73. The highest BCUT2D eigenvalue weighted by Gasteiger charge is 2.29. The molecule has 3 rings (SSSR count). The monoisotopic (exact) mass is 255 g/mol. The first-order chi connectivity index (χ1) is 9.16. The van der Waals surface area contributed by atoms with Crippen LogP contribution in [0.1, 0.15) is 39.5 Å². The summed E-state index contributed by atoms with van der Waals surface area (Å²) in [6, 6.07) is 8.52. The lowest BCUT2D eigenvalue weighted by atomic mass is 9.80. The summed E-state index contributed by atoms with van der Waals surface area (Å²) in [7, 11) is 0. The van der Waals surface area contributed by atoms with Crippen LogP contribution in [-0.4, -0.2) is 10.8 Å². The zero-order chi connectivity index (χ0) is 13.4. The molecule has 19 heavy (non-hydrogen) atoms. The molecular weight excluding hydrogens is 241 g/mol. The number of benzene rings is 1. The van der Waals surface area contributed by atoms with Gasteiger partial charge in [0.15, 0.2) is 5.78 Å². The highest BCUT2D eigenvalue weighted by Crippen LogP contribution is 2.33. The maximum atomic E-state index is 13.8. The van der Waals surface area contributed by atoms with Crippen LogP contribution in [0.15, 0.2) is 36.5 Å². The van der Waals surface area contributed by atoms with Crippen molar-refractivity contribution in [2.45, 2.75) is 25.7 Å². The number of pyridine rings is 1. The summed E-state index contributed by atoms with van der Waals surface area (Å²) < 4.78 is 13.8. The van der Waals surface area contributed by atoms with Gasteiger partial charge in [-0.25, -0.2) is 4.39 Å². The smallest absolute Gasteiger partial charge is 0.165 e. The Bertz CT molecular complexity index is 651. The number of hydrogen-bond acceptors (Lipinski definition) is 2. The molecule has 3 heteroatoms. The van der Waals surface area contributed by atoms with Crippen molar-refractivity contribution in [1.82, 2.24) is 4.98 Å². The fraction of sp³-hybridized carbons (Fsp3) is 0.250. The molecule has 0 saturated heterocycles. The Morgan fingerprint density at radius 1 is 1.21 bits per heavy atom. The standard InChI is InChI=1S/C16H14FNO/c1-10-6-7-18-14-8-11(9-15(19)16(10)14)12-4-2-3-5-13(12)17/h2-7,11H,8-9H2,1H3/t11-/m0/s1. The van der Waals surface area contributed by atoms with E-state index in [-0.39, 0.29) is 17.5 Å². The van der Waals surface area contributed by atoms with Crippen LogP contribution in [0.2, 0.25) is 0 Å². The molecule has 96 valence electrons. The van der Waals surface area contributed by atoms with E-state index < -0.39 is 0 Å². The molecule has 1 atom stereocenters. The number of carbonyl (C=O) groups is 1. The van der Waals surface area contributed by atoms with Gasteiger partial charge in [-0.2, -0.15) is 0 Å². The average molecular weight is 255 g/mol. The van der Waals surface area contributed by atoms with E-state index >= 15 is 0 Å². The zero-order valence-corrected chi connectivity index (χ0v) is 10.7. The van der Waals surface area contributed by atoms with E-state index in [0.717, 1.165) is 16.8 Å². The molecule has 0 spiro atoms. The molecule has 1 aliphatic rings. The number of hydrogen-bond donors (Lipinski definition) is 0. The summed E-state index contributed by atoms with van der Waals surface area (Å²) in [5, 5.41) is 0. The second-order valence-electron chi connectivity index (χ2n) is 5.00. The third-order valence-electron chi connectivity index (χ3n) is 3.73. The molecule has 1 aromatic heterocycles. The normalized spacial score (nSPS) is 18.2. The van der Waals surface area contributed by atoms with Crippen molar-refractivity contribution < 1.29 is 9.18 Å². The summed E-state index contributed by atoms with van der Waals surface area (Å²) in [5.41, 5.74) is 3.10. The first-order valence-electron chi connectivity index (χ1n) is 6.39. The van der Waals surface area contributed by atoms with E-state index in [0.29, 0.717) is 18.4 Å². The highest BCUT2D eigenvalue weighted by atomic mass is 19.1. The molecule has 1 aromatic carbocycles. The first-order valence-corrected chi connectivity index (χ1v) is 6.39. The lowest BCUT2D eigenvalue weighted by Crippen LogP contribution is -2.21. The summed E-state index contributed by atoms with van der Waals surface area (Å²) in [6.07, 6.45) is 2.70. The van der Waals surface area contributed by atoms with Crippen LogP contribution in [0.5, 0.6) is 0 Å². The van der Waals surface area contributed by atoms with Gasteiger partial charge < -0.3 is 0 Å². The van der Waals surface area contributed by atoms with E-state index in [1.54, 1.807) is 18.3 Å². The van der Waals surface area contributed by atoms with Crippen LogP contribution in [0.3, 0.4) is 0 Å². The molecule has 0 radical (unpaired) electrons. The Labute approximate surface area is 111 Å². The van der Waals surface area contributed by atoms with E-state index in [2.05, 4.69) is 4.98 Å². The van der Waals surface area contributed by atoms with Gasteiger partial charge in [-0.1, -0.05) is 18.2 Å². The fourth-order valence-corrected chi connectivity index (χ4v) is 2.81. The maximum absolute atomic E-state index is 13.8. The molecule has 1 aliphatic carbocycles. The van der Waals surface area contributed by atoms with E-state index in [1.807, 2.05) is 19.1 Å². The van der Waals surface area contributed by atoms with E-state index in [9.17, 15) is 9.18 Å². The van der Waals surface area contributed by atoms with Gasteiger partial charge in [0.2, 0.25) is 0 Å². The predicted molar refractivity (Wildman–Crippen MR) is 70.8 cm³/mol. The first kappa shape index (κ1) is 12.0. The Balaban J connectivity index is 2.03. The Hall–Kier alpha value is -2.03. The molecule has 0 unspecified atom stereocenters. The number of nitrogens with zero attached hydrogens (tertiary/aromatic N) is 1. The number of Topliss-reactive ketones (excluding diaryl/α,β-unsaturated/α-hetero) is 1. The Kier molecular flexibility index (Phi) is 2.90. The van der Waals surface area contributed by atoms with Gasteiger partial charge in [0, 0.05) is 18.2 Å². The van der Waals surface area contributed by atoms with Crippen LogP contribution in [0, 0.1) is 12.7 Å². The summed E-state index contributed by atoms with van der Waals surface area (Å²) in [4.78, 5) is 16.5. The van der Waals surface area contributed by atoms with E-state index in [4.69, 9.17) is 0 Å². The minimum atomic E-state index is -0.239. The number of ketones is 1. The number of aromatic nitrogens is 1. The second-order valence-corrected chi connectivity index (χ2v) is 5.00. The van der Waals surface area contributed by atoms with Crippen molar-refractivity contribution in [2.24, 2.45) is 0 Å². The van der Waals surface area contributed by atoms with Crippen LogP contribution >= 0.6 is 0 Å². The van der Waals surface area contributed by atoms with Crippen molar-refractivity contribution in [3.05, 3.63) is 64.7 Å². The molecule has 0 saturated carbocycles. The SMILES string of the molecule is Cc1ccnc2c1C(=O)C[C@@H](c1ccccc1F)C2. The van der Waals surface area contributed by atoms with Gasteiger partial charge in [0.05, 0.1) is 5.69 Å². The lowest BCUT2D eigenvalue weighted by molar-refractivity contribution is 0.0962.